The molecule has 34 heavy (non-hydrogen) atoms. The summed E-state index contributed by atoms with van der Waals surface area (Å²) in [6.45, 7) is 1.93. The SMILES string of the molecule is Cc1ccc(N=C2C(C(=O)OC3=C(O)C(=O)c4ccccc4C3=O)=C(O)c3ccccc32)cc1. The Morgan fingerprint density at radius 1 is 0.735 bits per heavy atom. The van der Waals surface area contributed by atoms with Gasteiger partial charge in [-0.1, -0.05) is 66.2 Å². The van der Waals surface area contributed by atoms with E-state index < -0.39 is 29.1 Å². The van der Waals surface area contributed by atoms with E-state index in [1.165, 1.54) is 12.1 Å². The molecule has 0 aliphatic heterocycles. The number of rotatable bonds is 3. The first-order chi connectivity index (χ1) is 16.4. The molecule has 0 radical (unpaired) electrons. The second-order valence-electron chi connectivity index (χ2n) is 7.84. The van der Waals surface area contributed by atoms with Crippen molar-refractivity contribution in [2.45, 2.75) is 6.92 Å². The number of fused-ring (bicyclic) bond motifs is 2. The van der Waals surface area contributed by atoms with Gasteiger partial charge >= 0.3 is 5.97 Å². The molecule has 5 rings (SSSR count). The zero-order valence-corrected chi connectivity index (χ0v) is 17.9. The van der Waals surface area contributed by atoms with Gasteiger partial charge in [0.15, 0.2) is 0 Å². The molecule has 0 spiro atoms. The van der Waals surface area contributed by atoms with Crippen molar-refractivity contribution in [3.63, 3.8) is 0 Å². The fraction of sp³-hybridized carbons (Fsp3) is 0.0370. The number of aliphatic hydroxyl groups is 2. The number of nitrogens with zero attached hydrogens (tertiary/aromatic N) is 1. The summed E-state index contributed by atoms with van der Waals surface area (Å²) in [7, 11) is 0. The Bertz CT molecular complexity index is 1490. The number of aliphatic hydroxyl groups excluding tert-OH is 2. The molecule has 7 heteroatoms. The second-order valence-corrected chi connectivity index (χ2v) is 7.84. The molecule has 0 bridgehead atoms. The summed E-state index contributed by atoms with van der Waals surface area (Å²) in [5, 5.41) is 21.2. The first-order valence-corrected chi connectivity index (χ1v) is 10.4. The van der Waals surface area contributed by atoms with Crippen molar-refractivity contribution in [3.05, 3.63) is 118 Å². The van der Waals surface area contributed by atoms with Crippen LogP contribution in [-0.4, -0.2) is 33.5 Å². The number of carbonyl (C=O) groups excluding carboxylic acids is 3. The molecule has 0 heterocycles. The third-order valence-electron chi connectivity index (χ3n) is 5.64. The van der Waals surface area contributed by atoms with Gasteiger partial charge in [0.05, 0.1) is 11.4 Å². The number of ether oxygens (including phenoxy) is 1. The molecule has 3 aromatic carbocycles. The van der Waals surface area contributed by atoms with E-state index >= 15 is 0 Å². The van der Waals surface area contributed by atoms with Crippen molar-refractivity contribution in [2.24, 2.45) is 4.99 Å². The van der Waals surface area contributed by atoms with Crippen LogP contribution in [0.3, 0.4) is 0 Å². The molecule has 2 aliphatic carbocycles. The van der Waals surface area contributed by atoms with Gasteiger partial charge in [0.25, 0.3) is 0 Å². The van der Waals surface area contributed by atoms with Crippen LogP contribution < -0.4 is 0 Å². The maximum absolute atomic E-state index is 13.2. The van der Waals surface area contributed by atoms with Crippen molar-refractivity contribution in [1.82, 2.24) is 0 Å². The molecule has 0 unspecified atom stereocenters. The van der Waals surface area contributed by atoms with Crippen LogP contribution in [0.1, 0.15) is 37.4 Å². The molecule has 0 saturated carbocycles. The highest BCUT2D eigenvalue weighted by Gasteiger charge is 2.39. The van der Waals surface area contributed by atoms with E-state index in [1.54, 1.807) is 48.5 Å². The molecule has 0 saturated heterocycles. The number of esters is 1. The largest absolute Gasteiger partial charge is 0.506 e. The molecule has 7 nitrogen and oxygen atoms in total. The van der Waals surface area contributed by atoms with E-state index in [0.717, 1.165) is 5.56 Å². The van der Waals surface area contributed by atoms with Gasteiger partial charge in [-0.05, 0) is 19.1 Å². The molecule has 166 valence electrons. The van der Waals surface area contributed by atoms with Crippen LogP contribution in [0.25, 0.3) is 5.76 Å². The predicted octanol–water partition coefficient (Wildman–Crippen LogP) is 4.79. The smallest absolute Gasteiger partial charge is 0.349 e. The quantitative estimate of drug-likeness (QED) is 0.554. The number of Topliss-reactive ketones (excluding diaryl/α,β-unsaturated/α-hetero) is 2. The maximum atomic E-state index is 13.2. The standard InChI is InChI=1S/C27H17NO6/c1-14-10-12-15(13-11-14)28-21-16-6-2-3-7-17(16)22(29)20(21)27(33)34-26-24(31)19-9-5-4-8-18(19)23(30)25(26)32/h2-13,29,32H,1H3. The first kappa shape index (κ1) is 21.1. The molecule has 0 atom stereocenters. The van der Waals surface area contributed by atoms with Crippen molar-refractivity contribution < 1.29 is 29.3 Å². The van der Waals surface area contributed by atoms with Crippen LogP contribution in [0.4, 0.5) is 5.69 Å². The Morgan fingerprint density at radius 2 is 1.29 bits per heavy atom. The van der Waals surface area contributed by atoms with Crippen LogP contribution in [0.2, 0.25) is 0 Å². The number of aliphatic imine (C=N–C) groups is 1. The monoisotopic (exact) mass is 451 g/mol. The van der Waals surface area contributed by atoms with Crippen LogP contribution in [-0.2, 0) is 9.53 Å². The summed E-state index contributed by atoms with van der Waals surface area (Å²) >= 11 is 0. The van der Waals surface area contributed by atoms with Gasteiger partial charge in [0, 0.05) is 22.3 Å². The Hall–Kier alpha value is -4.78. The van der Waals surface area contributed by atoms with E-state index in [-0.39, 0.29) is 28.2 Å². The lowest BCUT2D eigenvalue weighted by Crippen LogP contribution is -2.26. The average molecular weight is 451 g/mol. The summed E-state index contributed by atoms with van der Waals surface area (Å²) in [4.78, 5) is 43.2. The van der Waals surface area contributed by atoms with Crippen molar-refractivity contribution in [2.75, 3.05) is 0 Å². The fourth-order valence-corrected chi connectivity index (χ4v) is 3.91. The molecule has 0 aromatic heterocycles. The highest BCUT2D eigenvalue weighted by molar-refractivity contribution is 6.36. The number of allylic oxidation sites excluding steroid dienone is 2. The van der Waals surface area contributed by atoms with Gasteiger partial charge < -0.3 is 14.9 Å². The summed E-state index contributed by atoms with van der Waals surface area (Å²) in [5.74, 6) is -4.90. The first-order valence-electron chi connectivity index (χ1n) is 10.4. The molecule has 0 amide bonds. The zero-order valence-electron chi connectivity index (χ0n) is 17.9. The molecular formula is C27H17NO6. The fourth-order valence-electron chi connectivity index (χ4n) is 3.91. The molecule has 2 aliphatic rings. The van der Waals surface area contributed by atoms with Crippen LogP contribution in [0, 0.1) is 6.92 Å². The van der Waals surface area contributed by atoms with Crippen LogP contribution in [0.15, 0.2) is 94.9 Å². The van der Waals surface area contributed by atoms with Gasteiger partial charge in [0.1, 0.15) is 11.3 Å². The highest BCUT2D eigenvalue weighted by atomic mass is 16.5. The number of hydrogen-bond acceptors (Lipinski definition) is 7. The van der Waals surface area contributed by atoms with Gasteiger partial charge in [-0.2, -0.15) is 0 Å². The van der Waals surface area contributed by atoms with E-state index in [0.29, 0.717) is 16.8 Å². The van der Waals surface area contributed by atoms with E-state index in [1.807, 2.05) is 19.1 Å². The third-order valence-corrected chi connectivity index (χ3v) is 5.64. The molecular weight excluding hydrogens is 434 g/mol. The van der Waals surface area contributed by atoms with Crippen molar-refractivity contribution in [3.8, 4) is 0 Å². The minimum atomic E-state index is -1.12. The Labute approximate surface area is 194 Å². The third kappa shape index (κ3) is 3.31. The lowest BCUT2D eigenvalue weighted by molar-refractivity contribution is -0.134. The van der Waals surface area contributed by atoms with Crippen molar-refractivity contribution in [1.29, 1.82) is 0 Å². The zero-order chi connectivity index (χ0) is 24.0. The average Bonchev–Trinajstić information content (AvgIpc) is 3.13. The topological polar surface area (TPSA) is 113 Å². The minimum Gasteiger partial charge on any atom is -0.506 e. The van der Waals surface area contributed by atoms with E-state index in [2.05, 4.69) is 4.99 Å². The summed E-state index contributed by atoms with van der Waals surface area (Å²) in [5.41, 5.74) is 2.33. The van der Waals surface area contributed by atoms with Crippen LogP contribution >= 0.6 is 0 Å². The number of aryl methyl sites for hydroxylation is 1. The van der Waals surface area contributed by atoms with Gasteiger partial charge in [-0.25, -0.2) is 9.79 Å². The maximum Gasteiger partial charge on any atom is 0.349 e. The predicted molar refractivity (Wildman–Crippen MR) is 124 cm³/mol. The Kier molecular flexibility index (Phi) is 4.94. The lowest BCUT2D eigenvalue weighted by Gasteiger charge is -2.17. The summed E-state index contributed by atoms with van der Waals surface area (Å²) in [6, 6.07) is 19.9. The van der Waals surface area contributed by atoms with Gasteiger partial charge in [0.2, 0.25) is 23.1 Å². The number of carbonyl (C=O) groups is 3. The van der Waals surface area contributed by atoms with Crippen molar-refractivity contribution >= 4 is 34.7 Å². The molecule has 3 aromatic rings. The number of ketones is 2. The highest BCUT2D eigenvalue weighted by Crippen LogP contribution is 2.35. The lowest BCUT2D eigenvalue weighted by atomic mass is 9.92. The Morgan fingerprint density at radius 3 is 1.94 bits per heavy atom. The van der Waals surface area contributed by atoms with E-state index in [9.17, 15) is 24.6 Å². The summed E-state index contributed by atoms with van der Waals surface area (Å²) < 4.78 is 5.24. The van der Waals surface area contributed by atoms with Crippen LogP contribution in [0.5, 0.6) is 0 Å². The minimum absolute atomic E-state index is 0.00885. The van der Waals surface area contributed by atoms with Gasteiger partial charge in [-0.3, -0.25) is 9.59 Å². The number of benzene rings is 3. The molecule has 0 fully saturated rings. The second kappa shape index (κ2) is 7.97. The number of hydrogen-bond donors (Lipinski definition) is 2. The normalized spacial score (nSPS) is 16.1. The molecule has 2 N–H and O–H groups in total. The Balaban J connectivity index is 1.57. The van der Waals surface area contributed by atoms with E-state index in [4.69, 9.17) is 4.74 Å². The van der Waals surface area contributed by atoms with Gasteiger partial charge in [-0.15, -0.1) is 0 Å². The summed E-state index contributed by atoms with van der Waals surface area (Å²) in [6.07, 6.45) is 0.